The van der Waals surface area contributed by atoms with Crippen LogP contribution in [0.5, 0.6) is 11.5 Å². The number of allylic oxidation sites excluding steroid dienone is 2. The van der Waals surface area contributed by atoms with E-state index in [1.807, 2.05) is 18.2 Å². The number of nitrogens with one attached hydrogen (secondary N) is 1. The summed E-state index contributed by atoms with van der Waals surface area (Å²) in [4.78, 5) is 14.3. The van der Waals surface area contributed by atoms with Crippen LogP contribution < -0.4 is 14.8 Å². The molecule has 2 aromatic carbocycles. The Balaban J connectivity index is 1.11. The van der Waals surface area contributed by atoms with Crippen molar-refractivity contribution in [1.82, 2.24) is 10.2 Å². The first-order valence-electron chi connectivity index (χ1n) is 13.6. The van der Waals surface area contributed by atoms with E-state index in [2.05, 4.69) is 40.5 Å². The SMILES string of the molecule is CC1(F)C=CC(COCC(=O)NCCCc2ccc(CN(CCO)CCc3ccc4c(c3)OCO4)cc2)=CC1. The summed E-state index contributed by atoms with van der Waals surface area (Å²) >= 11 is 0. The number of rotatable bonds is 15. The number of benzene rings is 2. The van der Waals surface area contributed by atoms with Crippen LogP contribution in [0.3, 0.4) is 0 Å². The van der Waals surface area contributed by atoms with Crippen molar-refractivity contribution < 1.29 is 28.5 Å². The lowest BCUT2D eigenvalue weighted by atomic mass is 9.96. The van der Waals surface area contributed by atoms with Gasteiger partial charge >= 0.3 is 0 Å². The molecule has 0 bridgehead atoms. The minimum Gasteiger partial charge on any atom is -0.454 e. The second kappa shape index (κ2) is 14.3. The fourth-order valence-electron chi connectivity index (χ4n) is 4.55. The molecule has 1 amide bonds. The van der Waals surface area contributed by atoms with E-state index in [-0.39, 0.29) is 25.9 Å². The first-order valence-corrected chi connectivity index (χ1v) is 13.6. The summed E-state index contributed by atoms with van der Waals surface area (Å²) in [5.41, 5.74) is 3.19. The van der Waals surface area contributed by atoms with Crippen molar-refractivity contribution in [2.24, 2.45) is 0 Å². The minimum absolute atomic E-state index is 0.00816. The summed E-state index contributed by atoms with van der Waals surface area (Å²) in [7, 11) is 0. The Labute approximate surface area is 230 Å². The topological polar surface area (TPSA) is 80.3 Å². The lowest BCUT2D eigenvalue weighted by Gasteiger charge is -2.21. The van der Waals surface area contributed by atoms with Gasteiger partial charge in [-0.25, -0.2) is 4.39 Å². The first-order chi connectivity index (χ1) is 18.9. The number of carbonyl (C=O) groups excluding carboxylic acids is 1. The predicted molar refractivity (Wildman–Crippen MR) is 149 cm³/mol. The molecule has 0 saturated heterocycles. The maximum Gasteiger partial charge on any atom is 0.246 e. The van der Waals surface area contributed by atoms with E-state index < -0.39 is 5.67 Å². The van der Waals surface area contributed by atoms with E-state index >= 15 is 0 Å². The van der Waals surface area contributed by atoms with Crippen LogP contribution in [0.25, 0.3) is 0 Å². The summed E-state index contributed by atoms with van der Waals surface area (Å²) in [6.07, 6.45) is 7.96. The Morgan fingerprint density at radius 2 is 1.85 bits per heavy atom. The number of aryl methyl sites for hydroxylation is 1. The van der Waals surface area contributed by atoms with Crippen molar-refractivity contribution in [1.29, 1.82) is 0 Å². The highest BCUT2D eigenvalue weighted by molar-refractivity contribution is 5.77. The zero-order chi connectivity index (χ0) is 27.5. The molecule has 1 atom stereocenters. The quantitative estimate of drug-likeness (QED) is 0.332. The van der Waals surface area contributed by atoms with E-state index in [4.69, 9.17) is 14.2 Å². The molecule has 0 aromatic heterocycles. The van der Waals surface area contributed by atoms with Gasteiger partial charge in [-0.2, -0.15) is 0 Å². The molecule has 210 valence electrons. The summed E-state index contributed by atoms with van der Waals surface area (Å²) in [5, 5.41) is 12.4. The molecule has 1 aliphatic carbocycles. The largest absolute Gasteiger partial charge is 0.454 e. The molecule has 0 fully saturated rings. The van der Waals surface area contributed by atoms with Crippen molar-refractivity contribution in [3.8, 4) is 11.5 Å². The molecular formula is C31H39FN2O5. The smallest absolute Gasteiger partial charge is 0.246 e. The number of hydrogen-bond donors (Lipinski definition) is 2. The number of halogens is 1. The van der Waals surface area contributed by atoms with E-state index in [0.717, 1.165) is 49.4 Å². The molecule has 1 aliphatic heterocycles. The number of alkyl halides is 1. The van der Waals surface area contributed by atoms with Crippen LogP contribution in [0, 0.1) is 0 Å². The highest BCUT2D eigenvalue weighted by Crippen LogP contribution is 2.32. The Kier molecular flexibility index (Phi) is 10.5. The Morgan fingerprint density at radius 1 is 1.08 bits per heavy atom. The van der Waals surface area contributed by atoms with Gasteiger partial charge in [0.25, 0.3) is 0 Å². The van der Waals surface area contributed by atoms with Crippen molar-refractivity contribution >= 4 is 5.91 Å². The molecule has 0 radical (unpaired) electrons. The fraction of sp³-hybridized carbons (Fsp3) is 0.452. The summed E-state index contributed by atoms with van der Waals surface area (Å²) < 4.78 is 30.1. The van der Waals surface area contributed by atoms with Crippen LogP contribution in [0.1, 0.15) is 36.5 Å². The van der Waals surface area contributed by atoms with Gasteiger partial charge in [-0.15, -0.1) is 0 Å². The van der Waals surface area contributed by atoms with Crippen molar-refractivity contribution in [3.05, 3.63) is 83.0 Å². The molecule has 2 aliphatic rings. The van der Waals surface area contributed by atoms with Gasteiger partial charge in [0.05, 0.1) is 13.2 Å². The van der Waals surface area contributed by atoms with Gasteiger partial charge in [0.1, 0.15) is 12.3 Å². The first kappa shape index (κ1) is 28.8. The molecule has 2 N–H and O–H groups in total. The van der Waals surface area contributed by atoms with Crippen molar-refractivity contribution in [3.63, 3.8) is 0 Å². The number of aliphatic hydroxyl groups is 1. The maximum atomic E-state index is 13.7. The molecule has 39 heavy (non-hydrogen) atoms. The van der Waals surface area contributed by atoms with Gasteiger partial charge in [-0.1, -0.05) is 42.5 Å². The third kappa shape index (κ3) is 9.49. The average molecular weight is 539 g/mol. The van der Waals surface area contributed by atoms with Crippen LogP contribution >= 0.6 is 0 Å². The number of ether oxygens (including phenoxy) is 3. The molecule has 1 unspecified atom stereocenters. The second-order valence-corrected chi connectivity index (χ2v) is 10.3. The number of amides is 1. The Bertz CT molecular complexity index is 1150. The molecule has 7 nitrogen and oxygen atoms in total. The molecule has 4 rings (SSSR count). The van der Waals surface area contributed by atoms with Gasteiger partial charge in [0, 0.05) is 32.6 Å². The maximum absolute atomic E-state index is 13.7. The normalized spacial score (nSPS) is 17.9. The Morgan fingerprint density at radius 3 is 2.62 bits per heavy atom. The van der Waals surface area contributed by atoms with Gasteiger partial charge in [-0.3, -0.25) is 9.69 Å². The van der Waals surface area contributed by atoms with Gasteiger partial charge in [0.2, 0.25) is 12.7 Å². The number of nitrogens with zero attached hydrogens (tertiary/aromatic N) is 1. The van der Waals surface area contributed by atoms with Crippen molar-refractivity contribution in [2.75, 3.05) is 46.2 Å². The van der Waals surface area contributed by atoms with Crippen LogP contribution in [-0.4, -0.2) is 67.8 Å². The van der Waals surface area contributed by atoms with Crippen LogP contribution in [-0.2, 0) is 28.9 Å². The lowest BCUT2D eigenvalue weighted by molar-refractivity contribution is -0.125. The Hall–Kier alpha value is -3.20. The molecule has 1 heterocycles. The highest BCUT2D eigenvalue weighted by atomic mass is 19.1. The van der Waals surface area contributed by atoms with Crippen LogP contribution in [0.15, 0.2) is 66.3 Å². The molecule has 0 saturated carbocycles. The second-order valence-electron chi connectivity index (χ2n) is 10.3. The lowest BCUT2D eigenvalue weighted by Crippen LogP contribution is -2.29. The number of aliphatic hydroxyl groups excluding tert-OH is 1. The third-order valence-corrected chi connectivity index (χ3v) is 6.87. The van der Waals surface area contributed by atoms with Gasteiger partial charge in [-0.05, 0) is 66.7 Å². The molecule has 2 aromatic rings. The standard InChI is InChI=1S/C31H39FN2O5/c1-31(32)13-10-27(11-14-31)21-37-22-30(36)33-15-2-3-24-4-6-26(7-5-24)20-34(17-18-35)16-12-25-8-9-28-29(19-25)39-23-38-28/h4-11,13,19,35H,2-3,12,14-18,20-23H2,1H3,(H,33,36). The van der Waals surface area contributed by atoms with E-state index in [1.165, 1.54) is 29.7 Å². The zero-order valence-electron chi connectivity index (χ0n) is 22.7. The number of hydrogen-bond acceptors (Lipinski definition) is 6. The molecule has 8 heteroatoms. The summed E-state index contributed by atoms with van der Waals surface area (Å²) in [6.45, 7) is 5.01. The van der Waals surface area contributed by atoms with E-state index in [0.29, 0.717) is 26.1 Å². The van der Waals surface area contributed by atoms with Gasteiger partial charge in [0.15, 0.2) is 11.5 Å². The highest BCUT2D eigenvalue weighted by Gasteiger charge is 2.20. The average Bonchev–Trinajstić information content (AvgIpc) is 3.40. The predicted octanol–water partition coefficient (Wildman–Crippen LogP) is 4.13. The van der Waals surface area contributed by atoms with Crippen molar-refractivity contribution in [2.45, 2.75) is 44.8 Å². The van der Waals surface area contributed by atoms with E-state index in [1.54, 1.807) is 6.08 Å². The number of carbonyl (C=O) groups is 1. The summed E-state index contributed by atoms with van der Waals surface area (Å²) in [6, 6.07) is 14.6. The minimum atomic E-state index is -1.29. The molecule has 0 spiro atoms. The van der Waals surface area contributed by atoms with Crippen LogP contribution in [0.4, 0.5) is 4.39 Å². The third-order valence-electron chi connectivity index (χ3n) is 6.87. The fourth-order valence-corrected chi connectivity index (χ4v) is 4.55. The van der Waals surface area contributed by atoms with Gasteiger partial charge < -0.3 is 24.6 Å². The van der Waals surface area contributed by atoms with E-state index in [9.17, 15) is 14.3 Å². The summed E-state index contributed by atoms with van der Waals surface area (Å²) in [5.74, 6) is 1.44. The zero-order valence-corrected chi connectivity index (χ0v) is 22.7. The number of fused-ring (bicyclic) bond motifs is 1. The monoisotopic (exact) mass is 538 g/mol. The van der Waals surface area contributed by atoms with Crippen LogP contribution in [0.2, 0.25) is 0 Å². The molecular weight excluding hydrogens is 499 g/mol.